The number of rotatable bonds is 58. The summed E-state index contributed by atoms with van der Waals surface area (Å²) in [6, 6.07) is 25.8. The Morgan fingerprint density at radius 3 is 0.870 bits per heavy atom. The average Bonchev–Trinajstić information content (AvgIpc) is 1.56. The Kier molecular flexibility index (Phi) is 41.0. The molecule has 514 valence electrons. The Labute approximate surface area is 587 Å². The van der Waals surface area contributed by atoms with E-state index in [2.05, 4.69) is 120 Å². The first-order chi connectivity index (χ1) is 45.2. The molecule has 0 aliphatic carbocycles. The number of carbonyl (C=O) groups is 2. The van der Waals surface area contributed by atoms with Gasteiger partial charge in [0.05, 0.1) is 53.1 Å². The molecule has 0 fully saturated rings. The molecule has 4 heterocycles. The number of ether oxygens (including phenoxy) is 2. The molecule has 0 radical (unpaired) electrons. The van der Waals surface area contributed by atoms with Crippen LogP contribution in [0.1, 0.15) is 331 Å². The minimum Gasteiger partial charge on any atom is -0.493 e. The molecule has 2 aliphatic rings. The zero-order chi connectivity index (χ0) is 65.1. The van der Waals surface area contributed by atoms with Crippen LogP contribution in [0, 0.1) is 11.8 Å². The Hall–Kier alpha value is -3.18. The fourth-order valence-corrected chi connectivity index (χ4v) is 16.8. The van der Waals surface area contributed by atoms with Crippen LogP contribution in [0.2, 0.25) is 0 Å². The van der Waals surface area contributed by atoms with Gasteiger partial charge in [-0.3, -0.25) is 9.59 Å². The molecule has 2 atom stereocenters. The number of thiophene rings is 2. The number of hydrogen-bond acceptors (Lipinski definition) is 6. The number of halogens is 2. The highest BCUT2D eigenvalue weighted by Gasteiger charge is 2.49. The van der Waals surface area contributed by atoms with Gasteiger partial charge < -0.3 is 19.3 Å². The lowest BCUT2D eigenvalue weighted by Gasteiger charge is -2.24. The summed E-state index contributed by atoms with van der Waals surface area (Å²) < 4.78 is 15.1. The molecular weight excluding hydrogens is 1300 g/mol. The van der Waals surface area contributed by atoms with Gasteiger partial charge in [0.25, 0.3) is 11.8 Å². The van der Waals surface area contributed by atoms with Crippen LogP contribution in [-0.2, 0) is 22.4 Å². The first-order valence-electron chi connectivity index (χ1n) is 38.3. The number of nitrogens with zero attached hydrogens (tertiary/aromatic N) is 2. The van der Waals surface area contributed by atoms with Crippen molar-refractivity contribution in [2.24, 2.45) is 11.8 Å². The molecule has 2 amide bonds. The molecule has 0 saturated carbocycles. The Morgan fingerprint density at radius 2 is 0.609 bits per heavy atom. The molecule has 2 aromatic carbocycles. The van der Waals surface area contributed by atoms with E-state index in [1.54, 1.807) is 22.7 Å². The molecule has 2 aromatic heterocycles. The summed E-state index contributed by atoms with van der Waals surface area (Å²) in [5.74, 6) is 3.05. The van der Waals surface area contributed by atoms with Crippen LogP contribution in [-0.4, -0.2) is 47.9 Å². The van der Waals surface area contributed by atoms with Crippen LogP contribution < -0.4 is 9.47 Å². The predicted molar refractivity (Wildman–Crippen MR) is 405 cm³/mol. The molecule has 2 aliphatic heterocycles. The van der Waals surface area contributed by atoms with E-state index in [-0.39, 0.29) is 11.8 Å². The topological polar surface area (TPSA) is 59.1 Å². The van der Waals surface area contributed by atoms with E-state index < -0.39 is 0 Å². The molecule has 4 aromatic rings. The van der Waals surface area contributed by atoms with Crippen LogP contribution >= 0.6 is 54.5 Å². The average molecular weight is 1430 g/mol. The number of unbranched alkanes of at least 4 members (excludes halogenated alkanes) is 34. The monoisotopic (exact) mass is 1420 g/mol. The van der Waals surface area contributed by atoms with Gasteiger partial charge in [0.1, 0.15) is 11.5 Å². The lowest BCUT2D eigenvalue weighted by Crippen LogP contribution is -2.30. The van der Waals surface area contributed by atoms with E-state index in [0.717, 1.165) is 92.0 Å². The highest BCUT2D eigenvalue weighted by atomic mass is 79.9. The van der Waals surface area contributed by atoms with Crippen molar-refractivity contribution >= 4 is 77.7 Å². The summed E-state index contributed by atoms with van der Waals surface area (Å²) in [6.07, 6.45) is 59.8. The van der Waals surface area contributed by atoms with Gasteiger partial charge in [-0.2, -0.15) is 0 Å². The second-order valence-electron chi connectivity index (χ2n) is 27.6. The number of benzene rings is 2. The van der Waals surface area contributed by atoms with Crippen LogP contribution in [0.3, 0.4) is 0 Å². The van der Waals surface area contributed by atoms with Gasteiger partial charge in [0.2, 0.25) is 0 Å². The number of fused-ring (bicyclic) bond motifs is 1. The zero-order valence-electron chi connectivity index (χ0n) is 58.5. The summed E-state index contributed by atoms with van der Waals surface area (Å²) in [5.41, 5.74) is 5.21. The predicted octanol–water partition coefficient (Wildman–Crippen LogP) is 26.9. The maximum absolute atomic E-state index is 15.0. The van der Waals surface area contributed by atoms with Gasteiger partial charge in [-0.25, -0.2) is 0 Å². The molecule has 0 spiro atoms. The molecule has 0 N–H and O–H groups in total. The van der Waals surface area contributed by atoms with Gasteiger partial charge in [-0.05, 0) is 168 Å². The maximum Gasteiger partial charge on any atom is 0.261 e. The second-order valence-corrected chi connectivity index (χ2v) is 32.5. The summed E-state index contributed by atoms with van der Waals surface area (Å²) >= 11 is 10.6. The summed E-state index contributed by atoms with van der Waals surface area (Å²) in [6.45, 7) is 11.9. The standard InChI is InChI=1S/C82H126Br2N2O4S2/c1-5-9-13-17-21-25-27-31-35-39-49-69(47-37-33-29-23-19-15-11-7-3)65-89-71-55-51-67(52-56-71)45-41-43-63-85-79(73-59-61-75(83)91-73)77-78(81(85)87)80(74-60-62-76(84)92-74)86(82(77)88)64-44-42-46-68-53-57-72(58-54-68)90-66-70(48-38-34-30-24-20-16-12-8-4)50-40-36-32-28-26-22-18-14-10-6-2/h51-62,69-70H,5-50,63-66H2,1-4H3. The number of aryl methyl sites for hydroxylation is 2. The summed E-state index contributed by atoms with van der Waals surface area (Å²) in [7, 11) is 0. The van der Waals surface area contributed by atoms with Gasteiger partial charge in [-0.15, -0.1) is 22.7 Å². The normalized spacial score (nSPS) is 14.0. The van der Waals surface area contributed by atoms with E-state index in [4.69, 9.17) is 9.47 Å². The minimum absolute atomic E-state index is 0.0640. The van der Waals surface area contributed by atoms with Crippen LogP contribution in [0.15, 0.2) is 91.5 Å². The Morgan fingerprint density at radius 1 is 0.337 bits per heavy atom. The molecule has 0 saturated heterocycles. The highest BCUT2D eigenvalue weighted by molar-refractivity contribution is 9.11. The first kappa shape index (κ1) is 77.8. The lowest BCUT2D eigenvalue weighted by molar-refractivity contribution is -0.124. The fraction of sp³-hybridized carbons (Fsp3) is 0.683. The molecule has 6 rings (SSSR count). The van der Waals surface area contributed by atoms with E-state index in [1.165, 1.54) is 268 Å². The van der Waals surface area contributed by atoms with Crippen LogP contribution in [0.5, 0.6) is 11.5 Å². The Bertz CT molecular complexity index is 2460. The molecule has 10 heteroatoms. The minimum atomic E-state index is -0.0640. The van der Waals surface area contributed by atoms with Gasteiger partial charge in [-0.1, -0.05) is 283 Å². The quantitative estimate of drug-likeness (QED) is 0.0413. The first-order valence-corrected chi connectivity index (χ1v) is 41.5. The zero-order valence-corrected chi connectivity index (χ0v) is 63.3. The molecular formula is C82H126Br2N2O4S2. The smallest absolute Gasteiger partial charge is 0.261 e. The third-order valence-electron chi connectivity index (χ3n) is 19.7. The number of carbonyl (C=O) groups excluding carboxylic acids is 2. The molecule has 6 nitrogen and oxygen atoms in total. The number of hydrogen-bond donors (Lipinski definition) is 0. The van der Waals surface area contributed by atoms with Crippen molar-refractivity contribution < 1.29 is 19.1 Å². The van der Waals surface area contributed by atoms with E-state index in [1.807, 2.05) is 21.9 Å². The van der Waals surface area contributed by atoms with Gasteiger partial charge in [0, 0.05) is 13.1 Å². The van der Waals surface area contributed by atoms with Crippen molar-refractivity contribution in [2.75, 3.05) is 26.3 Å². The third kappa shape index (κ3) is 29.7. The second kappa shape index (κ2) is 48.5. The van der Waals surface area contributed by atoms with Crippen molar-refractivity contribution in [1.82, 2.24) is 9.80 Å². The maximum atomic E-state index is 15.0. The van der Waals surface area contributed by atoms with Crippen LogP contribution in [0.25, 0.3) is 11.4 Å². The Balaban J connectivity index is 0.988. The molecule has 92 heavy (non-hydrogen) atoms. The lowest BCUT2D eigenvalue weighted by atomic mass is 9.94. The molecule has 2 unspecified atom stereocenters. The van der Waals surface area contributed by atoms with Crippen LogP contribution in [0.4, 0.5) is 0 Å². The highest BCUT2D eigenvalue weighted by Crippen LogP contribution is 2.49. The van der Waals surface area contributed by atoms with E-state index >= 15 is 9.59 Å². The van der Waals surface area contributed by atoms with Crippen molar-refractivity contribution in [1.29, 1.82) is 0 Å². The fourth-order valence-electron chi connectivity index (χ4n) is 13.9. The van der Waals surface area contributed by atoms with E-state index in [0.29, 0.717) is 36.1 Å². The third-order valence-corrected chi connectivity index (χ3v) is 22.9. The van der Waals surface area contributed by atoms with Crippen molar-refractivity contribution in [3.8, 4) is 11.5 Å². The van der Waals surface area contributed by atoms with E-state index in [9.17, 15) is 0 Å². The van der Waals surface area contributed by atoms with Gasteiger partial charge in [0.15, 0.2) is 0 Å². The number of amides is 2. The van der Waals surface area contributed by atoms with Crippen molar-refractivity contribution in [2.45, 2.75) is 323 Å². The molecule has 0 bridgehead atoms. The largest absolute Gasteiger partial charge is 0.493 e. The van der Waals surface area contributed by atoms with Gasteiger partial charge >= 0.3 is 0 Å². The summed E-state index contributed by atoms with van der Waals surface area (Å²) in [5, 5.41) is 0. The van der Waals surface area contributed by atoms with Crippen molar-refractivity contribution in [3.63, 3.8) is 0 Å². The van der Waals surface area contributed by atoms with Crippen molar-refractivity contribution in [3.05, 3.63) is 112 Å². The summed E-state index contributed by atoms with van der Waals surface area (Å²) in [4.78, 5) is 35.7. The SMILES string of the molecule is CCCCCCCCCCCCC(CCCCCCCCCC)COc1ccc(CCCCN2C(=O)C3=C(c4ccc(Br)s4)N(CCCCc4ccc(OCC(CCCCCCCCCC)CCCCCCCCCCCC)cc4)C(=O)C3=C2c2ccc(Br)s2)cc1.